The number of carbonyl (C=O) groups excluding carboxylic acids is 2. The number of hydrogen-bond acceptors (Lipinski definition) is 5. The maximum Gasteiger partial charge on any atom is 0.407 e. The topological polar surface area (TPSA) is 77.8 Å². The highest BCUT2D eigenvalue weighted by molar-refractivity contribution is 5.81. The lowest BCUT2D eigenvalue weighted by Crippen LogP contribution is -2.46. The first kappa shape index (κ1) is 22.4. The lowest BCUT2D eigenvalue weighted by molar-refractivity contribution is -0.154. The highest BCUT2D eigenvalue weighted by atomic mass is 16.6. The van der Waals surface area contributed by atoms with Crippen molar-refractivity contribution in [2.45, 2.75) is 78.9 Å². The van der Waals surface area contributed by atoms with E-state index in [9.17, 15) is 9.59 Å². The summed E-state index contributed by atoms with van der Waals surface area (Å²) in [7, 11) is 0. The van der Waals surface area contributed by atoms with Gasteiger partial charge in [-0.25, -0.2) is 4.79 Å². The van der Waals surface area contributed by atoms with Crippen molar-refractivity contribution in [2.75, 3.05) is 6.54 Å². The molecule has 2 aliphatic rings. The standard InChI is InChI=1S/C24H35NO5/c1-15(2)18-8-7-16(3)24(13-20(29-21(24)26)17-10-12-28-14-17)19(18)9-11-25-22(27)30-23(4,5)6/h10,12,14,16,19-20H,7-9,11,13H2,1-6H3,(H,25,27)/t16-,19+,20+,24-/m1/s1. The first-order chi connectivity index (χ1) is 14.0. The number of amides is 1. The molecule has 0 radical (unpaired) electrons. The third kappa shape index (κ3) is 4.42. The molecule has 1 amide bonds. The van der Waals surface area contributed by atoms with E-state index in [0.29, 0.717) is 19.4 Å². The fourth-order valence-electron chi connectivity index (χ4n) is 5.12. The Balaban J connectivity index is 1.83. The molecule has 1 N–H and O–H groups in total. The van der Waals surface area contributed by atoms with Gasteiger partial charge in [-0.15, -0.1) is 0 Å². The molecule has 2 fully saturated rings. The van der Waals surface area contributed by atoms with Crippen LogP contribution in [0.25, 0.3) is 0 Å². The van der Waals surface area contributed by atoms with Gasteiger partial charge in [-0.1, -0.05) is 18.1 Å². The zero-order chi connectivity index (χ0) is 22.1. The highest BCUT2D eigenvalue weighted by Crippen LogP contribution is 2.59. The van der Waals surface area contributed by atoms with E-state index in [1.807, 2.05) is 26.8 Å². The Morgan fingerprint density at radius 1 is 1.33 bits per heavy atom. The molecular weight excluding hydrogens is 382 g/mol. The van der Waals surface area contributed by atoms with Crippen LogP contribution in [0, 0.1) is 17.3 Å². The van der Waals surface area contributed by atoms with Gasteiger partial charge >= 0.3 is 12.1 Å². The van der Waals surface area contributed by atoms with Gasteiger partial charge < -0.3 is 19.2 Å². The van der Waals surface area contributed by atoms with Crippen molar-refractivity contribution in [1.82, 2.24) is 5.32 Å². The number of nitrogens with one attached hydrogen (secondary N) is 1. The highest BCUT2D eigenvalue weighted by Gasteiger charge is 2.59. The maximum atomic E-state index is 13.3. The summed E-state index contributed by atoms with van der Waals surface area (Å²) in [6.07, 6.45) is 5.82. The van der Waals surface area contributed by atoms with E-state index in [4.69, 9.17) is 13.9 Å². The molecule has 30 heavy (non-hydrogen) atoms. The lowest BCUT2D eigenvalue weighted by Gasteiger charge is -2.45. The predicted molar refractivity (Wildman–Crippen MR) is 114 cm³/mol. The molecule has 0 aromatic carbocycles. The smallest absolute Gasteiger partial charge is 0.407 e. The predicted octanol–water partition coefficient (Wildman–Crippen LogP) is 5.55. The van der Waals surface area contributed by atoms with E-state index in [2.05, 4.69) is 26.1 Å². The molecule has 6 heteroatoms. The summed E-state index contributed by atoms with van der Waals surface area (Å²) in [5.74, 6) is 0.115. The quantitative estimate of drug-likeness (QED) is 0.513. The number of esters is 1. The van der Waals surface area contributed by atoms with Crippen molar-refractivity contribution in [3.05, 3.63) is 35.3 Å². The summed E-state index contributed by atoms with van der Waals surface area (Å²) >= 11 is 0. The van der Waals surface area contributed by atoms with Crippen LogP contribution in [-0.4, -0.2) is 24.2 Å². The summed E-state index contributed by atoms with van der Waals surface area (Å²) < 4.78 is 16.5. The minimum absolute atomic E-state index is 0.0330. The molecule has 4 atom stereocenters. The molecule has 0 bridgehead atoms. The van der Waals surface area contributed by atoms with Crippen LogP contribution in [0.5, 0.6) is 0 Å². The van der Waals surface area contributed by atoms with E-state index in [1.54, 1.807) is 12.5 Å². The van der Waals surface area contributed by atoms with Gasteiger partial charge in [0.2, 0.25) is 0 Å². The Hall–Kier alpha value is -2.24. The Morgan fingerprint density at radius 2 is 2.07 bits per heavy atom. The average Bonchev–Trinajstić information content (AvgIpc) is 3.26. The van der Waals surface area contributed by atoms with Crippen molar-refractivity contribution in [3.8, 4) is 0 Å². The van der Waals surface area contributed by atoms with Crippen molar-refractivity contribution < 1.29 is 23.5 Å². The van der Waals surface area contributed by atoms with Crippen LogP contribution < -0.4 is 5.32 Å². The van der Waals surface area contributed by atoms with Gasteiger partial charge in [0.15, 0.2) is 0 Å². The minimum atomic E-state index is -0.581. The first-order valence-corrected chi connectivity index (χ1v) is 10.9. The lowest BCUT2D eigenvalue weighted by atomic mass is 9.56. The Kier molecular flexibility index (Phi) is 6.34. The number of allylic oxidation sites excluding steroid dienone is 2. The molecule has 1 aliphatic heterocycles. The van der Waals surface area contributed by atoms with Gasteiger partial charge in [0, 0.05) is 18.5 Å². The molecule has 1 saturated heterocycles. The average molecular weight is 418 g/mol. The van der Waals surface area contributed by atoms with Crippen LogP contribution in [0.3, 0.4) is 0 Å². The fraction of sp³-hybridized carbons (Fsp3) is 0.667. The van der Waals surface area contributed by atoms with Crippen LogP contribution in [0.2, 0.25) is 0 Å². The molecule has 3 rings (SSSR count). The summed E-state index contributed by atoms with van der Waals surface area (Å²) in [6.45, 7) is 12.4. The molecule has 1 aromatic rings. The second-order valence-electron chi connectivity index (χ2n) is 9.93. The van der Waals surface area contributed by atoms with Gasteiger partial charge in [0.25, 0.3) is 0 Å². The summed E-state index contributed by atoms with van der Waals surface area (Å²) in [4.78, 5) is 25.5. The van der Waals surface area contributed by atoms with Gasteiger partial charge in [-0.3, -0.25) is 4.79 Å². The minimum Gasteiger partial charge on any atom is -0.472 e. The number of hydrogen-bond donors (Lipinski definition) is 1. The SMILES string of the molecule is CC(C)=C1CC[C@@H](C)[C@]2(C[C@@H](c3ccoc3)OC2=O)[C@H]1CCNC(=O)OC(C)(C)C. The first-order valence-electron chi connectivity index (χ1n) is 10.9. The molecule has 1 saturated carbocycles. The van der Waals surface area contributed by atoms with Crippen LogP contribution >= 0.6 is 0 Å². The maximum absolute atomic E-state index is 13.3. The molecule has 166 valence electrons. The number of cyclic esters (lactones) is 1. The van der Waals surface area contributed by atoms with E-state index >= 15 is 0 Å². The monoisotopic (exact) mass is 417 g/mol. The summed E-state index contributed by atoms with van der Waals surface area (Å²) in [5, 5.41) is 2.87. The van der Waals surface area contributed by atoms with Crippen LogP contribution in [-0.2, 0) is 14.3 Å². The molecule has 0 unspecified atom stereocenters. The number of furan rings is 1. The van der Waals surface area contributed by atoms with Gasteiger partial charge in [-0.2, -0.15) is 0 Å². The van der Waals surface area contributed by atoms with Gasteiger partial charge in [0.05, 0.1) is 17.9 Å². The summed E-state index contributed by atoms with van der Waals surface area (Å²) in [5.41, 5.74) is 2.36. The molecule has 1 aromatic heterocycles. The van der Waals surface area contributed by atoms with Crippen molar-refractivity contribution >= 4 is 12.1 Å². The van der Waals surface area contributed by atoms with E-state index in [1.165, 1.54) is 11.1 Å². The number of carbonyl (C=O) groups is 2. The van der Waals surface area contributed by atoms with Gasteiger partial charge in [-0.05, 0) is 71.8 Å². The zero-order valence-electron chi connectivity index (χ0n) is 19.0. The number of rotatable bonds is 4. The molecule has 2 heterocycles. The molecular formula is C24H35NO5. The Morgan fingerprint density at radius 3 is 2.67 bits per heavy atom. The van der Waals surface area contributed by atoms with Crippen LogP contribution in [0.1, 0.15) is 78.9 Å². The van der Waals surface area contributed by atoms with Crippen molar-refractivity contribution in [2.24, 2.45) is 17.3 Å². The van der Waals surface area contributed by atoms with E-state index in [-0.39, 0.29) is 23.9 Å². The normalized spacial score (nSPS) is 29.1. The second kappa shape index (κ2) is 8.48. The largest absolute Gasteiger partial charge is 0.472 e. The van der Waals surface area contributed by atoms with Gasteiger partial charge in [0.1, 0.15) is 11.7 Å². The second-order valence-corrected chi connectivity index (χ2v) is 9.93. The summed E-state index contributed by atoms with van der Waals surface area (Å²) in [6, 6.07) is 1.87. The fourth-order valence-corrected chi connectivity index (χ4v) is 5.12. The number of ether oxygens (including phenoxy) is 2. The third-order valence-electron chi connectivity index (χ3n) is 6.58. The van der Waals surface area contributed by atoms with Crippen LogP contribution in [0.4, 0.5) is 4.79 Å². The van der Waals surface area contributed by atoms with Crippen molar-refractivity contribution in [3.63, 3.8) is 0 Å². The third-order valence-corrected chi connectivity index (χ3v) is 6.58. The molecule has 1 spiro atoms. The molecule has 6 nitrogen and oxygen atoms in total. The molecule has 1 aliphatic carbocycles. The van der Waals surface area contributed by atoms with Crippen LogP contribution in [0.15, 0.2) is 34.2 Å². The number of alkyl carbamates (subject to hydrolysis) is 1. The van der Waals surface area contributed by atoms with E-state index < -0.39 is 17.1 Å². The Bertz CT molecular complexity index is 800. The Labute approximate surface area is 179 Å². The zero-order valence-corrected chi connectivity index (χ0v) is 19.0. The van der Waals surface area contributed by atoms with Crippen molar-refractivity contribution in [1.29, 1.82) is 0 Å². The van der Waals surface area contributed by atoms with E-state index in [0.717, 1.165) is 18.4 Å².